The molecule has 466 valence electrons. The molecule has 80 heavy (non-hydrogen) atoms. The number of unbranched alkanes of at least 4 members (excludes halogenated alkanes) is 44. The molecule has 0 aromatic carbocycles. The molecule has 0 bridgehead atoms. The topological polar surface area (TPSA) is 78.9 Å². The molecule has 0 spiro atoms. The van der Waals surface area contributed by atoms with Crippen molar-refractivity contribution in [2.75, 3.05) is 13.2 Å². The lowest BCUT2D eigenvalue weighted by atomic mass is 10.0. The van der Waals surface area contributed by atoms with Gasteiger partial charge in [0.1, 0.15) is 13.2 Å². The molecule has 0 saturated carbocycles. The van der Waals surface area contributed by atoms with Gasteiger partial charge in [0.15, 0.2) is 6.10 Å². The van der Waals surface area contributed by atoms with E-state index >= 15 is 0 Å². The van der Waals surface area contributed by atoms with Crippen LogP contribution in [0.25, 0.3) is 0 Å². The fraction of sp³-hybridized carbons (Fsp3) is 0.824. The normalized spacial score (nSPS) is 12.4. The lowest BCUT2D eigenvalue weighted by Crippen LogP contribution is -2.30. The van der Waals surface area contributed by atoms with Gasteiger partial charge >= 0.3 is 17.9 Å². The number of esters is 3. The number of carbonyl (C=O) groups excluding carboxylic acids is 3. The lowest BCUT2D eigenvalue weighted by molar-refractivity contribution is -0.167. The number of hydrogen-bond donors (Lipinski definition) is 0. The Morgan fingerprint density at radius 2 is 0.450 bits per heavy atom. The van der Waals surface area contributed by atoms with Gasteiger partial charge < -0.3 is 14.2 Å². The minimum absolute atomic E-state index is 0.0720. The van der Waals surface area contributed by atoms with Crippen LogP contribution in [0, 0.1) is 0 Å². The first-order valence-electron chi connectivity index (χ1n) is 35.3. The van der Waals surface area contributed by atoms with Crippen molar-refractivity contribution in [3.05, 3.63) is 60.8 Å². The maximum atomic E-state index is 12.9. The molecule has 0 fully saturated rings. The monoisotopic (exact) mass is 1120 g/mol. The zero-order valence-electron chi connectivity index (χ0n) is 53.6. The van der Waals surface area contributed by atoms with Crippen LogP contribution in [0.3, 0.4) is 0 Å². The highest BCUT2D eigenvalue weighted by Gasteiger charge is 2.19. The van der Waals surface area contributed by atoms with Crippen molar-refractivity contribution in [2.24, 2.45) is 0 Å². The first kappa shape index (κ1) is 77.1. The van der Waals surface area contributed by atoms with Gasteiger partial charge in [-0.05, 0) is 89.9 Å². The molecule has 1 unspecified atom stereocenters. The zero-order valence-corrected chi connectivity index (χ0v) is 53.6. The molecule has 0 aromatic heterocycles. The minimum atomic E-state index is -0.777. The van der Waals surface area contributed by atoms with Crippen LogP contribution in [0.5, 0.6) is 0 Å². The van der Waals surface area contributed by atoms with Gasteiger partial charge in [-0.1, -0.05) is 326 Å². The first-order valence-corrected chi connectivity index (χ1v) is 35.3. The molecule has 6 heteroatoms. The number of hydrogen-bond acceptors (Lipinski definition) is 6. The average Bonchev–Trinajstić information content (AvgIpc) is 3.46. The van der Waals surface area contributed by atoms with Crippen molar-refractivity contribution in [1.29, 1.82) is 0 Å². The van der Waals surface area contributed by atoms with Gasteiger partial charge in [-0.2, -0.15) is 0 Å². The van der Waals surface area contributed by atoms with Gasteiger partial charge in [0.2, 0.25) is 0 Å². The standard InChI is InChI=1S/C74H134O6/c1-4-7-10-13-16-19-22-25-28-31-33-34-35-36-37-38-39-40-42-43-46-49-52-55-58-61-64-67-73(76)79-70-71(69-78-72(75)66-63-60-57-54-51-48-45-30-27-24-21-18-15-12-9-6-3)80-74(77)68-65-62-59-56-53-50-47-44-41-32-29-26-23-20-17-14-11-8-5-2/h17,20,22,25-26,29,31,33,35-36,71H,4-16,18-19,21,23-24,27-28,30,32,34,37-70H2,1-3H3/b20-17-,25-22-,29-26-,33-31-,36-35-. The second kappa shape index (κ2) is 68.6. The Hall–Kier alpha value is -2.89. The summed E-state index contributed by atoms with van der Waals surface area (Å²) < 4.78 is 17.0. The van der Waals surface area contributed by atoms with Crippen LogP contribution >= 0.6 is 0 Å². The summed E-state index contributed by atoms with van der Waals surface area (Å²) in [6.45, 7) is 6.66. The summed E-state index contributed by atoms with van der Waals surface area (Å²) in [5.74, 6) is -0.854. The summed E-state index contributed by atoms with van der Waals surface area (Å²) in [7, 11) is 0. The predicted molar refractivity (Wildman–Crippen MR) is 348 cm³/mol. The van der Waals surface area contributed by atoms with Gasteiger partial charge in [-0.15, -0.1) is 0 Å². The van der Waals surface area contributed by atoms with Crippen LogP contribution < -0.4 is 0 Å². The third-order valence-electron chi connectivity index (χ3n) is 15.7. The van der Waals surface area contributed by atoms with Crippen LogP contribution in [-0.2, 0) is 28.6 Å². The van der Waals surface area contributed by atoms with Gasteiger partial charge in [-0.3, -0.25) is 14.4 Å². The fourth-order valence-electron chi connectivity index (χ4n) is 10.4. The molecule has 0 radical (unpaired) electrons. The van der Waals surface area contributed by atoms with Crippen molar-refractivity contribution < 1.29 is 28.6 Å². The van der Waals surface area contributed by atoms with Crippen LogP contribution in [-0.4, -0.2) is 37.2 Å². The van der Waals surface area contributed by atoms with Crippen LogP contribution in [0.4, 0.5) is 0 Å². The van der Waals surface area contributed by atoms with E-state index < -0.39 is 6.10 Å². The summed E-state index contributed by atoms with van der Waals surface area (Å²) in [4.78, 5) is 38.5. The van der Waals surface area contributed by atoms with Crippen molar-refractivity contribution >= 4 is 17.9 Å². The fourth-order valence-corrected chi connectivity index (χ4v) is 10.4. The van der Waals surface area contributed by atoms with Crippen molar-refractivity contribution in [3.8, 4) is 0 Å². The Kier molecular flexibility index (Phi) is 66.1. The van der Waals surface area contributed by atoms with Gasteiger partial charge in [0.25, 0.3) is 0 Å². The third-order valence-corrected chi connectivity index (χ3v) is 15.7. The van der Waals surface area contributed by atoms with Crippen LogP contribution in [0.2, 0.25) is 0 Å². The Labute approximate surface area is 498 Å². The second-order valence-corrected chi connectivity index (χ2v) is 23.8. The molecular weight excluding hydrogens is 985 g/mol. The van der Waals surface area contributed by atoms with E-state index in [9.17, 15) is 14.4 Å². The van der Waals surface area contributed by atoms with Crippen molar-refractivity contribution in [1.82, 2.24) is 0 Å². The number of rotatable bonds is 65. The number of carbonyl (C=O) groups is 3. The summed E-state index contributed by atoms with van der Waals surface area (Å²) in [5.41, 5.74) is 0. The minimum Gasteiger partial charge on any atom is -0.462 e. The van der Waals surface area contributed by atoms with E-state index in [1.165, 1.54) is 257 Å². The Morgan fingerprint density at radius 3 is 0.725 bits per heavy atom. The molecule has 0 aliphatic rings. The molecular formula is C74H134O6. The van der Waals surface area contributed by atoms with Crippen LogP contribution in [0.15, 0.2) is 60.8 Å². The molecule has 0 heterocycles. The van der Waals surface area contributed by atoms with Gasteiger partial charge in [-0.25, -0.2) is 0 Å². The largest absolute Gasteiger partial charge is 0.462 e. The van der Waals surface area contributed by atoms with E-state index in [0.29, 0.717) is 19.3 Å². The summed E-state index contributed by atoms with van der Waals surface area (Å²) in [6, 6.07) is 0. The summed E-state index contributed by atoms with van der Waals surface area (Å²) >= 11 is 0. The predicted octanol–water partition coefficient (Wildman–Crippen LogP) is 24.3. The lowest BCUT2D eigenvalue weighted by Gasteiger charge is -2.18. The molecule has 0 aliphatic carbocycles. The Morgan fingerprint density at radius 1 is 0.250 bits per heavy atom. The Bertz CT molecular complexity index is 1430. The van der Waals surface area contributed by atoms with E-state index in [1.54, 1.807) is 0 Å². The average molecular weight is 1120 g/mol. The molecule has 0 saturated heterocycles. The van der Waals surface area contributed by atoms with Gasteiger partial charge in [0.05, 0.1) is 0 Å². The molecule has 0 N–H and O–H groups in total. The highest BCUT2D eigenvalue weighted by molar-refractivity contribution is 5.71. The molecule has 0 amide bonds. The van der Waals surface area contributed by atoms with E-state index in [-0.39, 0.29) is 31.1 Å². The van der Waals surface area contributed by atoms with E-state index in [1.807, 2.05) is 0 Å². The Balaban J connectivity index is 4.29. The second-order valence-electron chi connectivity index (χ2n) is 23.8. The van der Waals surface area contributed by atoms with Crippen molar-refractivity contribution in [2.45, 2.75) is 380 Å². The van der Waals surface area contributed by atoms with Crippen LogP contribution in [0.1, 0.15) is 374 Å². The molecule has 1 atom stereocenters. The molecule has 0 aromatic rings. The quantitative estimate of drug-likeness (QED) is 0.0261. The zero-order chi connectivity index (χ0) is 57.8. The highest BCUT2D eigenvalue weighted by atomic mass is 16.6. The maximum absolute atomic E-state index is 12.9. The van der Waals surface area contributed by atoms with Crippen molar-refractivity contribution in [3.63, 3.8) is 0 Å². The summed E-state index contributed by atoms with van der Waals surface area (Å²) in [5, 5.41) is 0. The SMILES string of the molecule is CCCCC/C=C\C/C=C\CCCCCCCCCCCC(=O)OC(COC(=O)CCCCCCCCCCCCCC/C=C\C/C=C\C/C=C\CCCCCCC)COC(=O)CCCCCCCCCCCCCCCCCC. The smallest absolute Gasteiger partial charge is 0.306 e. The third kappa shape index (κ3) is 65.9. The van der Waals surface area contributed by atoms with E-state index in [2.05, 4.69) is 81.5 Å². The highest BCUT2D eigenvalue weighted by Crippen LogP contribution is 2.18. The first-order chi connectivity index (χ1) is 39.5. The molecule has 0 rings (SSSR count). The molecule has 6 nitrogen and oxygen atoms in total. The maximum Gasteiger partial charge on any atom is 0.306 e. The molecule has 0 aliphatic heterocycles. The summed E-state index contributed by atoms with van der Waals surface area (Å²) in [6.07, 6.45) is 88.1. The van der Waals surface area contributed by atoms with Gasteiger partial charge in [0, 0.05) is 19.3 Å². The number of allylic oxidation sites excluding steroid dienone is 10. The van der Waals surface area contributed by atoms with E-state index in [4.69, 9.17) is 14.2 Å². The number of ether oxygens (including phenoxy) is 3. The van der Waals surface area contributed by atoms with E-state index in [0.717, 1.165) is 77.0 Å².